The van der Waals surface area contributed by atoms with Gasteiger partial charge in [-0.05, 0) is 17.9 Å². The third-order valence-corrected chi connectivity index (χ3v) is 3.89. The van der Waals surface area contributed by atoms with Gasteiger partial charge in [0.1, 0.15) is 0 Å². The molecular weight excluding hydrogens is 248 g/mol. The number of carbonyl (C=O) groups is 1. The van der Waals surface area contributed by atoms with E-state index in [0.29, 0.717) is 18.7 Å². The first-order valence-electron chi connectivity index (χ1n) is 5.67. The van der Waals surface area contributed by atoms with Gasteiger partial charge in [0.15, 0.2) is 0 Å². The Morgan fingerprint density at radius 2 is 2.39 bits per heavy atom. The first-order chi connectivity index (χ1) is 8.74. The van der Waals surface area contributed by atoms with Crippen molar-refractivity contribution in [3.63, 3.8) is 0 Å². The summed E-state index contributed by atoms with van der Waals surface area (Å²) in [6, 6.07) is 4.10. The smallest absolute Gasteiger partial charge is 0.257 e. The van der Waals surface area contributed by atoms with Gasteiger partial charge in [0.2, 0.25) is 5.95 Å². The SMILES string of the molecule is Nc1ncc2c(n1)CN(CCc1cccs1)C2=O. The maximum atomic E-state index is 12.1. The number of anilines is 1. The third-order valence-electron chi connectivity index (χ3n) is 2.95. The second-order valence-electron chi connectivity index (χ2n) is 4.14. The average Bonchev–Trinajstić information content (AvgIpc) is 2.95. The Bertz CT molecular complexity index is 582. The minimum absolute atomic E-state index is 0.00144. The molecule has 6 heteroatoms. The normalized spacial score (nSPS) is 14.0. The highest BCUT2D eigenvalue weighted by Crippen LogP contribution is 2.21. The van der Waals surface area contributed by atoms with Gasteiger partial charge in [-0.15, -0.1) is 11.3 Å². The van der Waals surface area contributed by atoms with E-state index in [0.717, 1.165) is 12.1 Å². The van der Waals surface area contributed by atoms with Crippen LogP contribution < -0.4 is 5.73 Å². The van der Waals surface area contributed by atoms with Gasteiger partial charge in [-0.25, -0.2) is 9.97 Å². The minimum Gasteiger partial charge on any atom is -0.368 e. The average molecular weight is 260 g/mol. The van der Waals surface area contributed by atoms with Gasteiger partial charge in [0, 0.05) is 17.6 Å². The van der Waals surface area contributed by atoms with Crippen LogP contribution in [0.5, 0.6) is 0 Å². The lowest BCUT2D eigenvalue weighted by Gasteiger charge is -2.14. The first-order valence-corrected chi connectivity index (χ1v) is 6.55. The molecule has 3 heterocycles. The molecule has 2 aromatic heterocycles. The summed E-state index contributed by atoms with van der Waals surface area (Å²) < 4.78 is 0. The summed E-state index contributed by atoms with van der Waals surface area (Å²) in [6.45, 7) is 1.24. The van der Waals surface area contributed by atoms with Crippen molar-refractivity contribution in [1.29, 1.82) is 0 Å². The lowest BCUT2D eigenvalue weighted by Crippen LogP contribution is -2.26. The zero-order valence-electron chi connectivity index (χ0n) is 9.67. The first kappa shape index (κ1) is 11.2. The molecule has 92 valence electrons. The Kier molecular flexibility index (Phi) is 2.71. The monoisotopic (exact) mass is 260 g/mol. The van der Waals surface area contributed by atoms with Gasteiger partial charge in [-0.3, -0.25) is 4.79 Å². The molecule has 0 fully saturated rings. The molecule has 18 heavy (non-hydrogen) atoms. The summed E-state index contributed by atoms with van der Waals surface area (Å²) in [5, 5.41) is 2.04. The zero-order valence-corrected chi connectivity index (χ0v) is 10.5. The molecule has 0 unspecified atom stereocenters. The van der Waals surface area contributed by atoms with Crippen molar-refractivity contribution in [2.75, 3.05) is 12.3 Å². The quantitative estimate of drug-likeness (QED) is 0.903. The number of nitrogens with zero attached hydrogens (tertiary/aromatic N) is 3. The third kappa shape index (κ3) is 1.95. The van der Waals surface area contributed by atoms with Crippen LogP contribution in [0, 0.1) is 0 Å². The van der Waals surface area contributed by atoms with E-state index < -0.39 is 0 Å². The van der Waals surface area contributed by atoms with E-state index in [4.69, 9.17) is 5.73 Å². The molecule has 0 radical (unpaired) electrons. The van der Waals surface area contributed by atoms with Crippen LogP contribution in [0.4, 0.5) is 5.95 Å². The van der Waals surface area contributed by atoms with Crippen molar-refractivity contribution in [1.82, 2.24) is 14.9 Å². The van der Waals surface area contributed by atoms with Gasteiger partial charge in [0.25, 0.3) is 5.91 Å². The van der Waals surface area contributed by atoms with E-state index in [1.54, 1.807) is 16.2 Å². The van der Waals surface area contributed by atoms with Crippen LogP contribution in [0.15, 0.2) is 23.7 Å². The maximum absolute atomic E-state index is 12.1. The van der Waals surface area contributed by atoms with E-state index >= 15 is 0 Å². The van der Waals surface area contributed by atoms with Crippen LogP contribution in [0.2, 0.25) is 0 Å². The Morgan fingerprint density at radius 3 is 3.17 bits per heavy atom. The Balaban J connectivity index is 1.72. The topological polar surface area (TPSA) is 72.1 Å². The fraction of sp³-hybridized carbons (Fsp3) is 0.250. The molecule has 0 spiro atoms. The number of rotatable bonds is 3. The van der Waals surface area contributed by atoms with Crippen molar-refractivity contribution in [2.24, 2.45) is 0 Å². The van der Waals surface area contributed by atoms with Crippen LogP contribution >= 0.6 is 11.3 Å². The van der Waals surface area contributed by atoms with Crippen LogP contribution in [0.25, 0.3) is 0 Å². The summed E-state index contributed by atoms with van der Waals surface area (Å²) in [5.41, 5.74) is 6.84. The van der Waals surface area contributed by atoms with Crippen LogP contribution in [-0.2, 0) is 13.0 Å². The van der Waals surface area contributed by atoms with Crippen molar-refractivity contribution in [2.45, 2.75) is 13.0 Å². The number of nitrogens with two attached hydrogens (primary N) is 1. The molecular formula is C12H12N4OS. The summed E-state index contributed by atoms with van der Waals surface area (Å²) >= 11 is 1.71. The number of hydrogen-bond donors (Lipinski definition) is 1. The van der Waals surface area contributed by atoms with E-state index in [1.807, 2.05) is 11.4 Å². The summed E-state index contributed by atoms with van der Waals surface area (Å²) in [6.07, 6.45) is 2.39. The highest BCUT2D eigenvalue weighted by Gasteiger charge is 2.28. The predicted octanol–water partition coefficient (Wildman–Crippen LogP) is 1.32. The van der Waals surface area contributed by atoms with Gasteiger partial charge < -0.3 is 10.6 Å². The second-order valence-corrected chi connectivity index (χ2v) is 5.18. The highest BCUT2D eigenvalue weighted by molar-refractivity contribution is 7.09. The molecule has 3 rings (SSSR count). The number of amides is 1. The van der Waals surface area contributed by atoms with Gasteiger partial charge in [0.05, 0.1) is 17.8 Å². The van der Waals surface area contributed by atoms with Gasteiger partial charge in [-0.1, -0.05) is 6.07 Å². The van der Waals surface area contributed by atoms with Crippen LogP contribution in [0.1, 0.15) is 20.9 Å². The fourth-order valence-corrected chi connectivity index (χ4v) is 2.73. The van der Waals surface area contributed by atoms with Crippen LogP contribution in [0.3, 0.4) is 0 Å². The summed E-state index contributed by atoms with van der Waals surface area (Å²) in [5.74, 6) is 0.225. The standard InChI is InChI=1S/C12H12N4OS/c13-12-14-6-9-10(15-12)7-16(11(9)17)4-3-8-2-1-5-18-8/h1-2,5-6H,3-4,7H2,(H2,13,14,15). The van der Waals surface area contributed by atoms with Crippen molar-refractivity contribution >= 4 is 23.2 Å². The largest absolute Gasteiger partial charge is 0.368 e. The van der Waals surface area contributed by atoms with E-state index in [-0.39, 0.29) is 11.9 Å². The Morgan fingerprint density at radius 1 is 1.50 bits per heavy atom. The number of hydrogen-bond acceptors (Lipinski definition) is 5. The number of carbonyl (C=O) groups excluding carboxylic acids is 1. The molecule has 0 saturated heterocycles. The van der Waals surface area contributed by atoms with Crippen LogP contribution in [-0.4, -0.2) is 27.3 Å². The minimum atomic E-state index is 0.00144. The van der Waals surface area contributed by atoms with Gasteiger partial charge >= 0.3 is 0 Å². The lowest BCUT2D eigenvalue weighted by atomic mass is 10.3. The molecule has 2 N–H and O–H groups in total. The zero-order chi connectivity index (χ0) is 12.5. The number of nitrogen functional groups attached to an aromatic ring is 1. The van der Waals surface area contributed by atoms with Crippen molar-refractivity contribution < 1.29 is 4.79 Å². The molecule has 0 aromatic carbocycles. The summed E-state index contributed by atoms with van der Waals surface area (Å²) in [7, 11) is 0. The highest BCUT2D eigenvalue weighted by atomic mass is 32.1. The van der Waals surface area contributed by atoms with E-state index in [1.165, 1.54) is 11.1 Å². The van der Waals surface area contributed by atoms with Crippen molar-refractivity contribution in [3.8, 4) is 0 Å². The molecule has 1 aliphatic rings. The number of thiophene rings is 1. The predicted molar refractivity (Wildman–Crippen MR) is 69.2 cm³/mol. The number of aromatic nitrogens is 2. The van der Waals surface area contributed by atoms with Crippen molar-refractivity contribution in [3.05, 3.63) is 39.8 Å². The molecule has 1 aliphatic heterocycles. The van der Waals surface area contributed by atoms with Gasteiger partial charge in [-0.2, -0.15) is 0 Å². The molecule has 0 saturated carbocycles. The summed E-state index contributed by atoms with van der Waals surface area (Å²) in [4.78, 5) is 23.1. The molecule has 0 aliphatic carbocycles. The van der Waals surface area contributed by atoms with E-state index in [2.05, 4.69) is 16.0 Å². The Labute approximate surface area is 108 Å². The maximum Gasteiger partial charge on any atom is 0.257 e. The molecule has 1 amide bonds. The molecule has 0 bridgehead atoms. The fourth-order valence-electron chi connectivity index (χ4n) is 2.04. The Hall–Kier alpha value is -1.95. The second kappa shape index (κ2) is 4.38. The molecule has 2 aromatic rings. The van der Waals surface area contributed by atoms with E-state index in [9.17, 15) is 4.79 Å². The molecule has 0 atom stereocenters. The lowest BCUT2D eigenvalue weighted by molar-refractivity contribution is 0.0780. The number of fused-ring (bicyclic) bond motifs is 1. The molecule has 5 nitrogen and oxygen atoms in total.